The quantitative estimate of drug-likeness (QED) is 0.815. The molecule has 5 nitrogen and oxygen atoms in total. The van der Waals surface area contributed by atoms with E-state index < -0.39 is 0 Å². The SMILES string of the molecule is Cc1ccc(NCC(=O)N2CCCC2c2ccc3c(c2)OCCCO3)c(Cl)c1. The Labute approximate surface area is 170 Å². The number of anilines is 1. The Morgan fingerprint density at radius 1 is 1.14 bits per heavy atom. The Morgan fingerprint density at radius 2 is 1.96 bits per heavy atom. The zero-order valence-electron chi connectivity index (χ0n) is 16.0. The third-order valence-corrected chi connectivity index (χ3v) is 5.60. The predicted molar refractivity (Wildman–Crippen MR) is 110 cm³/mol. The Balaban J connectivity index is 1.45. The lowest BCUT2D eigenvalue weighted by molar-refractivity contribution is -0.130. The highest BCUT2D eigenvalue weighted by molar-refractivity contribution is 6.33. The van der Waals surface area contributed by atoms with Crippen LogP contribution in [0, 0.1) is 6.92 Å². The molecule has 1 saturated heterocycles. The lowest BCUT2D eigenvalue weighted by atomic mass is 10.0. The molecule has 0 radical (unpaired) electrons. The van der Waals surface area contributed by atoms with Crippen LogP contribution < -0.4 is 14.8 Å². The van der Waals surface area contributed by atoms with Gasteiger partial charge in [-0.3, -0.25) is 4.79 Å². The van der Waals surface area contributed by atoms with Crippen LogP contribution in [0.1, 0.15) is 36.4 Å². The molecule has 0 saturated carbocycles. The monoisotopic (exact) mass is 400 g/mol. The molecule has 1 amide bonds. The van der Waals surface area contributed by atoms with Crippen LogP contribution in [0.5, 0.6) is 11.5 Å². The van der Waals surface area contributed by atoms with E-state index in [1.165, 1.54) is 0 Å². The van der Waals surface area contributed by atoms with Crippen molar-refractivity contribution < 1.29 is 14.3 Å². The fourth-order valence-corrected chi connectivity index (χ4v) is 4.14. The summed E-state index contributed by atoms with van der Waals surface area (Å²) in [4.78, 5) is 14.8. The van der Waals surface area contributed by atoms with Crippen molar-refractivity contribution in [2.45, 2.75) is 32.2 Å². The average Bonchev–Trinajstić information content (AvgIpc) is 3.06. The lowest BCUT2D eigenvalue weighted by Crippen LogP contribution is -2.35. The van der Waals surface area contributed by atoms with Gasteiger partial charge in [0.15, 0.2) is 11.5 Å². The van der Waals surface area contributed by atoms with Crippen molar-refractivity contribution in [3.05, 3.63) is 52.5 Å². The molecular weight excluding hydrogens is 376 g/mol. The molecule has 1 atom stereocenters. The highest BCUT2D eigenvalue weighted by Gasteiger charge is 2.30. The smallest absolute Gasteiger partial charge is 0.242 e. The highest BCUT2D eigenvalue weighted by Crippen LogP contribution is 2.38. The first-order chi connectivity index (χ1) is 13.6. The van der Waals surface area contributed by atoms with Crippen LogP contribution in [0.3, 0.4) is 0 Å². The largest absolute Gasteiger partial charge is 0.490 e. The van der Waals surface area contributed by atoms with Gasteiger partial charge in [0.25, 0.3) is 0 Å². The van der Waals surface area contributed by atoms with Crippen molar-refractivity contribution in [2.24, 2.45) is 0 Å². The Bertz CT molecular complexity index is 871. The lowest BCUT2D eigenvalue weighted by Gasteiger charge is -2.26. The summed E-state index contributed by atoms with van der Waals surface area (Å²) in [5.74, 6) is 1.64. The fourth-order valence-electron chi connectivity index (χ4n) is 3.83. The number of amides is 1. The van der Waals surface area contributed by atoms with Gasteiger partial charge in [0.05, 0.1) is 36.5 Å². The first-order valence-corrected chi connectivity index (χ1v) is 10.2. The topological polar surface area (TPSA) is 50.8 Å². The highest BCUT2D eigenvalue weighted by atomic mass is 35.5. The maximum atomic E-state index is 12.9. The number of aryl methyl sites for hydroxylation is 1. The van der Waals surface area contributed by atoms with Crippen LogP contribution in [0.25, 0.3) is 0 Å². The van der Waals surface area contributed by atoms with E-state index in [9.17, 15) is 4.79 Å². The summed E-state index contributed by atoms with van der Waals surface area (Å²) in [6.07, 6.45) is 2.83. The van der Waals surface area contributed by atoms with Crippen LogP contribution in [0.15, 0.2) is 36.4 Å². The number of nitrogens with zero attached hydrogens (tertiary/aromatic N) is 1. The van der Waals surface area contributed by atoms with Crippen LogP contribution >= 0.6 is 11.6 Å². The molecule has 28 heavy (non-hydrogen) atoms. The maximum Gasteiger partial charge on any atom is 0.242 e. The van der Waals surface area contributed by atoms with E-state index in [-0.39, 0.29) is 18.5 Å². The van der Waals surface area contributed by atoms with Crippen molar-refractivity contribution >= 4 is 23.2 Å². The first kappa shape index (κ1) is 18.9. The number of rotatable bonds is 4. The summed E-state index contributed by atoms with van der Waals surface area (Å²) < 4.78 is 11.5. The number of carbonyl (C=O) groups excluding carboxylic acids is 1. The van der Waals surface area contributed by atoms with Gasteiger partial charge in [0.1, 0.15) is 0 Å². The van der Waals surface area contributed by atoms with Crippen molar-refractivity contribution in [3.63, 3.8) is 0 Å². The van der Waals surface area contributed by atoms with Crippen LogP contribution in [0.2, 0.25) is 5.02 Å². The summed E-state index contributed by atoms with van der Waals surface area (Å²) in [6.45, 7) is 4.31. The van der Waals surface area contributed by atoms with E-state index >= 15 is 0 Å². The van der Waals surface area contributed by atoms with Crippen molar-refractivity contribution in [2.75, 3.05) is 31.6 Å². The normalized spacial score (nSPS) is 18.6. The number of ether oxygens (including phenoxy) is 2. The predicted octanol–water partition coefficient (Wildman–Crippen LogP) is 4.59. The standard InChI is InChI=1S/C22H25ClN2O3/c1-15-5-7-18(17(23)12-15)24-14-22(26)25-9-2-4-19(25)16-6-8-20-21(13-16)28-11-3-10-27-20/h5-8,12-13,19,24H,2-4,9-11,14H2,1H3. The van der Waals surface area contributed by atoms with Gasteiger partial charge in [-0.2, -0.15) is 0 Å². The number of hydrogen-bond acceptors (Lipinski definition) is 4. The molecule has 2 heterocycles. The van der Waals surface area contributed by atoms with Crippen LogP contribution in [-0.4, -0.2) is 37.1 Å². The molecule has 0 aromatic heterocycles. The minimum absolute atomic E-state index is 0.0694. The zero-order valence-corrected chi connectivity index (χ0v) is 16.8. The number of halogens is 1. The van der Waals surface area contributed by atoms with Gasteiger partial charge in [-0.05, 0) is 55.2 Å². The second-order valence-electron chi connectivity index (χ2n) is 7.34. The van der Waals surface area contributed by atoms with Crippen LogP contribution in [-0.2, 0) is 4.79 Å². The van der Waals surface area contributed by atoms with Gasteiger partial charge < -0.3 is 19.7 Å². The number of hydrogen-bond donors (Lipinski definition) is 1. The molecule has 148 valence electrons. The zero-order chi connectivity index (χ0) is 19.5. The second-order valence-corrected chi connectivity index (χ2v) is 7.75. The number of likely N-dealkylation sites (tertiary alicyclic amines) is 1. The third kappa shape index (κ3) is 4.04. The van der Waals surface area contributed by atoms with Crippen LogP contribution in [0.4, 0.5) is 5.69 Å². The summed E-state index contributed by atoms with van der Waals surface area (Å²) >= 11 is 6.26. The van der Waals surface area contributed by atoms with Gasteiger partial charge in [0, 0.05) is 13.0 Å². The number of fused-ring (bicyclic) bond motifs is 1. The summed E-state index contributed by atoms with van der Waals surface area (Å²) in [5.41, 5.74) is 2.98. The number of benzene rings is 2. The molecule has 0 spiro atoms. The molecule has 2 aliphatic heterocycles. The molecule has 4 rings (SSSR count). The average molecular weight is 401 g/mol. The van der Waals surface area contributed by atoms with E-state index in [4.69, 9.17) is 21.1 Å². The Morgan fingerprint density at radius 3 is 2.79 bits per heavy atom. The molecule has 1 N–H and O–H groups in total. The fraction of sp³-hybridized carbons (Fsp3) is 0.409. The van der Waals surface area contributed by atoms with Gasteiger partial charge in [-0.15, -0.1) is 0 Å². The molecule has 1 fully saturated rings. The second kappa shape index (κ2) is 8.31. The molecule has 2 aromatic rings. The van der Waals surface area contributed by atoms with Gasteiger partial charge in [-0.25, -0.2) is 0 Å². The molecule has 2 aliphatic rings. The summed E-state index contributed by atoms with van der Waals surface area (Å²) in [5, 5.41) is 3.81. The van der Waals surface area contributed by atoms with E-state index in [2.05, 4.69) is 5.32 Å². The molecule has 6 heteroatoms. The van der Waals surface area contributed by atoms with E-state index in [1.54, 1.807) is 0 Å². The summed E-state index contributed by atoms with van der Waals surface area (Å²) in [6, 6.07) is 11.9. The third-order valence-electron chi connectivity index (χ3n) is 5.28. The minimum atomic E-state index is 0.0694. The minimum Gasteiger partial charge on any atom is -0.490 e. The number of nitrogens with one attached hydrogen (secondary N) is 1. The van der Waals surface area contributed by atoms with Crippen molar-refractivity contribution in [3.8, 4) is 11.5 Å². The van der Waals surface area contributed by atoms with Gasteiger partial charge >= 0.3 is 0 Å². The number of carbonyl (C=O) groups is 1. The van der Waals surface area contributed by atoms with Crippen molar-refractivity contribution in [1.82, 2.24) is 4.90 Å². The van der Waals surface area contributed by atoms with Crippen molar-refractivity contribution in [1.29, 1.82) is 0 Å². The molecule has 0 aliphatic carbocycles. The van der Waals surface area contributed by atoms with Gasteiger partial charge in [0.2, 0.25) is 5.91 Å². The molecule has 2 aromatic carbocycles. The van der Waals surface area contributed by atoms with E-state index in [0.29, 0.717) is 18.2 Å². The molecule has 0 bridgehead atoms. The maximum absolute atomic E-state index is 12.9. The van der Waals surface area contributed by atoms with E-state index in [1.807, 2.05) is 48.2 Å². The Kier molecular flexibility index (Phi) is 5.62. The first-order valence-electron chi connectivity index (χ1n) is 9.81. The Hall–Kier alpha value is -2.40. The summed E-state index contributed by atoms with van der Waals surface area (Å²) in [7, 11) is 0. The van der Waals surface area contributed by atoms with Gasteiger partial charge in [-0.1, -0.05) is 23.7 Å². The van der Waals surface area contributed by atoms with E-state index in [0.717, 1.165) is 54.1 Å². The molecule has 1 unspecified atom stereocenters. The molecular formula is C22H25ClN2O3.